The molecule has 13 heteroatoms. The maximum atomic E-state index is 14.1. The highest BCUT2D eigenvalue weighted by Crippen LogP contribution is 2.48. The fourth-order valence-electron chi connectivity index (χ4n) is 4.98. The lowest BCUT2D eigenvalue weighted by Crippen LogP contribution is -2.56. The molecule has 2 heterocycles. The van der Waals surface area contributed by atoms with Crippen molar-refractivity contribution in [2.45, 2.75) is 57.2 Å². The molecule has 1 aromatic carbocycles. The molecule has 188 valence electrons. The van der Waals surface area contributed by atoms with Crippen molar-refractivity contribution in [1.82, 2.24) is 13.3 Å². The van der Waals surface area contributed by atoms with Crippen LogP contribution in [0.15, 0.2) is 12.1 Å². The SMILES string of the molecule is CN(C)S(=O)(=O)NCCS(=O)(=O)N1[C@@H]2CC[C@H]1CC(C)(C(N)Cc1cc(F)c(F)cc1F)C2. The van der Waals surface area contributed by atoms with Gasteiger partial charge in [-0.1, -0.05) is 6.92 Å². The van der Waals surface area contributed by atoms with Crippen molar-refractivity contribution in [3.05, 3.63) is 35.1 Å². The molecule has 8 nitrogen and oxygen atoms in total. The average Bonchev–Trinajstić information content (AvgIpc) is 2.99. The van der Waals surface area contributed by atoms with E-state index < -0.39 is 49.1 Å². The maximum absolute atomic E-state index is 14.1. The number of nitrogens with one attached hydrogen (secondary N) is 1. The highest BCUT2D eigenvalue weighted by molar-refractivity contribution is 7.89. The highest BCUT2D eigenvalue weighted by atomic mass is 32.2. The van der Waals surface area contributed by atoms with Gasteiger partial charge in [-0.2, -0.15) is 17.0 Å². The summed E-state index contributed by atoms with van der Waals surface area (Å²) in [6.07, 6.45) is 2.18. The summed E-state index contributed by atoms with van der Waals surface area (Å²) in [6.45, 7) is 1.67. The molecule has 2 aliphatic rings. The van der Waals surface area contributed by atoms with E-state index in [4.69, 9.17) is 5.73 Å². The molecule has 0 amide bonds. The van der Waals surface area contributed by atoms with Gasteiger partial charge in [-0.3, -0.25) is 0 Å². The van der Waals surface area contributed by atoms with Gasteiger partial charge in [0.15, 0.2) is 11.6 Å². The lowest BCUT2D eigenvalue weighted by Gasteiger charge is -2.47. The van der Waals surface area contributed by atoms with Gasteiger partial charge in [0.2, 0.25) is 10.0 Å². The van der Waals surface area contributed by atoms with E-state index in [0.717, 1.165) is 10.4 Å². The van der Waals surface area contributed by atoms with Gasteiger partial charge in [0.1, 0.15) is 5.82 Å². The Morgan fingerprint density at radius 1 is 1.09 bits per heavy atom. The summed E-state index contributed by atoms with van der Waals surface area (Å²) in [6, 6.07) is 0.131. The summed E-state index contributed by atoms with van der Waals surface area (Å²) >= 11 is 0. The second kappa shape index (κ2) is 9.42. The fraction of sp³-hybridized carbons (Fsp3) is 0.700. The molecule has 2 saturated heterocycles. The van der Waals surface area contributed by atoms with Crippen molar-refractivity contribution in [1.29, 1.82) is 0 Å². The molecule has 3 rings (SSSR count). The van der Waals surface area contributed by atoms with Crippen LogP contribution in [0.5, 0.6) is 0 Å². The topological polar surface area (TPSA) is 113 Å². The van der Waals surface area contributed by atoms with Crippen molar-refractivity contribution in [2.24, 2.45) is 11.1 Å². The largest absolute Gasteiger partial charge is 0.327 e. The van der Waals surface area contributed by atoms with Crippen molar-refractivity contribution >= 4 is 20.2 Å². The Morgan fingerprint density at radius 2 is 1.64 bits per heavy atom. The molecular weight excluding hydrogens is 481 g/mol. The third-order valence-corrected chi connectivity index (χ3v) is 10.3. The van der Waals surface area contributed by atoms with E-state index >= 15 is 0 Å². The summed E-state index contributed by atoms with van der Waals surface area (Å²) in [5.41, 5.74) is 5.86. The number of benzene rings is 1. The number of hydrogen-bond acceptors (Lipinski definition) is 5. The Morgan fingerprint density at radius 3 is 2.18 bits per heavy atom. The number of fused-ring (bicyclic) bond motifs is 2. The van der Waals surface area contributed by atoms with Gasteiger partial charge in [0.25, 0.3) is 10.2 Å². The maximum Gasteiger partial charge on any atom is 0.278 e. The van der Waals surface area contributed by atoms with Gasteiger partial charge in [-0.25, -0.2) is 26.3 Å². The molecule has 0 radical (unpaired) electrons. The van der Waals surface area contributed by atoms with Crippen molar-refractivity contribution in [2.75, 3.05) is 26.4 Å². The van der Waals surface area contributed by atoms with Crippen molar-refractivity contribution in [3.63, 3.8) is 0 Å². The Kier molecular flexibility index (Phi) is 7.52. The van der Waals surface area contributed by atoms with Crippen LogP contribution in [0.2, 0.25) is 0 Å². The molecule has 3 N–H and O–H groups in total. The van der Waals surface area contributed by atoms with Crippen LogP contribution in [0.25, 0.3) is 0 Å². The Labute approximate surface area is 193 Å². The lowest BCUT2D eigenvalue weighted by atomic mass is 9.70. The van der Waals surface area contributed by atoms with Crippen LogP contribution in [-0.4, -0.2) is 70.0 Å². The van der Waals surface area contributed by atoms with E-state index in [9.17, 15) is 30.0 Å². The van der Waals surface area contributed by atoms with Crippen molar-refractivity contribution < 1.29 is 30.0 Å². The van der Waals surface area contributed by atoms with Crippen LogP contribution in [0.3, 0.4) is 0 Å². The molecule has 0 aromatic heterocycles. The first-order valence-corrected chi connectivity index (χ1v) is 13.8. The minimum Gasteiger partial charge on any atom is -0.327 e. The number of hydrogen-bond donors (Lipinski definition) is 2. The zero-order chi connectivity index (χ0) is 24.8. The van der Waals surface area contributed by atoms with Crippen LogP contribution < -0.4 is 10.5 Å². The second-order valence-electron chi connectivity index (χ2n) is 9.44. The number of piperidine rings is 1. The smallest absolute Gasteiger partial charge is 0.278 e. The van der Waals surface area contributed by atoms with Crippen LogP contribution in [0.4, 0.5) is 13.2 Å². The molecule has 0 saturated carbocycles. The standard InChI is InChI=1S/C20H31F3N4O4S2/c1-20(19(24)9-13-8-17(22)18(23)10-16(13)21)11-14-4-5-15(12-20)27(14)32(28,29)7-6-25-33(30,31)26(2)3/h8,10,14-15,19,25H,4-7,9,11-12,24H2,1-3H3/t14-,15+,19?,20?. The summed E-state index contributed by atoms with van der Waals surface area (Å²) in [5.74, 6) is -3.64. The Bertz CT molecular complexity index is 1080. The van der Waals surface area contributed by atoms with E-state index in [1.807, 2.05) is 6.92 Å². The van der Waals surface area contributed by atoms with Gasteiger partial charge in [-0.05, 0) is 49.1 Å². The van der Waals surface area contributed by atoms with Crippen LogP contribution in [-0.2, 0) is 26.7 Å². The van der Waals surface area contributed by atoms with E-state index in [0.29, 0.717) is 31.7 Å². The van der Waals surface area contributed by atoms with Gasteiger partial charge in [-0.15, -0.1) is 0 Å². The van der Waals surface area contributed by atoms with Crippen LogP contribution >= 0.6 is 0 Å². The fourth-order valence-corrected chi connectivity index (χ4v) is 7.56. The third-order valence-electron chi connectivity index (χ3n) is 6.83. The Hall–Kier alpha value is -1.25. The zero-order valence-corrected chi connectivity index (χ0v) is 20.5. The van der Waals surface area contributed by atoms with Crippen LogP contribution in [0.1, 0.15) is 38.2 Å². The molecule has 2 unspecified atom stereocenters. The first-order valence-electron chi connectivity index (χ1n) is 10.7. The predicted molar refractivity (Wildman–Crippen MR) is 118 cm³/mol. The van der Waals surface area contributed by atoms with Gasteiger partial charge in [0.05, 0.1) is 5.75 Å². The monoisotopic (exact) mass is 512 g/mol. The average molecular weight is 513 g/mol. The molecular formula is C20H31F3N4O4S2. The lowest BCUT2D eigenvalue weighted by molar-refractivity contribution is 0.0876. The Balaban J connectivity index is 1.69. The van der Waals surface area contributed by atoms with Gasteiger partial charge < -0.3 is 5.73 Å². The molecule has 4 atom stereocenters. The van der Waals surface area contributed by atoms with E-state index in [1.165, 1.54) is 18.4 Å². The minimum atomic E-state index is -3.73. The summed E-state index contributed by atoms with van der Waals surface area (Å²) < 4.78 is 95.3. The number of nitrogens with zero attached hydrogens (tertiary/aromatic N) is 2. The van der Waals surface area contributed by atoms with E-state index in [-0.39, 0.29) is 36.4 Å². The van der Waals surface area contributed by atoms with Crippen molar-refractivity contribution in [3.8, 4) is 0 Å². The third kappa shape index (κ3) is 5.54. The molecule has 1 aromatic rings. The van der Waals surface area contributed by atoms with Gasteiger partial charge >= 0.3 is 0 Å². The quantitative estimate of drug-likeness (QED) is 0.485. The summed E-state index contributed by atoms with van der Waals surface area (Å²) in [7, 11) is -4.76. The van der Waals surface area contributed by atoms with Gasteiger partial charge in [0, 0.05) is 44.8 Å². The molecule has 33 heavy (non-hydrogen) atoms. The zero-order valence-electron chi connectivity index (χ0n) is 18.9. The predicted octanol–water partition coefficient (Wildman–Crippen LogP) is 1.33. The number of halogens is 3. The van der Waals surface area contributed by atoms with E-state index in [2.05, 4.69) is 4.72 Å². The normalized spacial score (nSPS) is 27.3. The summed E-state index contributed by atoms with van der Waals surface area (Å²) in [5, 5.41) is 0. The molecule has 2 bridgehead atoms. The van der Waals surface area contributed by atoms with E-state index in [1.54, 1.807) is 0 Å². The highest BCUT2D eigenvalue weighted by Gasteiger charge is 2.52. The first-order chi connectivity index (χ1) is 15.2. The molecule has 0 spiro atoms. The minimum absolute atomic E-state index is 0.00195. The number of sulfonamides is 1. The molecule has 2 aliphatic heterocycles. The van der Waals surface area contributed by atoms with Crippen LogP contribution in [0, 0.1) is 22.9 Å². The number of nitrogens with two attached hydrogens (primary N) is 1. The number of rotatable bonds is 9. The second-order valence-corrected chi connectivity index (χ2v) is 13.4. The molecule has 2 fully saturated rings. The summed E-state index contributed by atoms with van der Waals surface area (Å²) in [4.78, 5) is 0. The molecule has 0 aliphatic carbocycles. The first kappa shape index (κ1) is 26.4.